The van der Waals surface area contributed by atoms with E-state index >= 15 is 0 Å². The zero-order valence-corrected chi connectivity index (χ0v) is 18.3. The summed E-state index contributed by atoms with van der Waals surface area (Å²) in [6.07, 6.45) is -5.07. The van der Waals surface area contributed by atoms with E-state index in [1.54, 1.807) is 0 Å². The molecule has 0 aliphatic heterocycles. The number of primary amides is 1. The third-order valence-electron chi connectivity index (χ3n) is 5.36. The lowest BCUT2D eigenvalue weighted by molar-refractivity contribution is -0.140. The Morgan fingerprint density at radius 2 is 1.64 bits per heavy atom. The molecule has 7 nitrogen and oxygen atoms in total. The van der Waals surface area contributed by atoms with Crippen molar-refractivity contribution in [1.82, 2.24) is 14.8 Å². The van der Waals surface area contributed by atoms with Gasteiger partial charge in [-0.15, -0.1) is 0 Å². The van der Waals surface area contributed by atoms with Gasteiger partial charge in [0.15, 0.2) is 5.69 Å². The van der Waals surface area contributed by atoms with Crippen molar-refractivity contribution in [3.63, 3.8) is 0 Å². The van der Waals surface area contributed by atoms with Crippen LogP contribution in [-0.2, 0) is 12.7 Å². The molecule has 0 fully saturated rings. The van der Waals surface area contributed by atoms with Crippen LogP contribution in [0.15, 0.2) is 42.5 Å². The van der Waals surface area contributed by atoms with Crippen molar-refractivity contribution in [2.45, 2.75) is 19.6 Å². The molecule has 0 saturated carbocycles. The van der Waals surface area contributed by atoms with Crippen LogP contribution >= 0.6 is 0 Å². The predicted molar refractivity (Wildman–Crippen MR) is 116 cm³/mol. The number of nitrogens with zero attached hydrogens (tertiary/aromatic N) is 3. The van der Waals surface area contributed by atoms with E-state index in [2.05, 4.69) is 10.1 Å². The third-order valence-corrected chi connectivity index (χ3v) is 5.36. The summed E-state index contributed by atoms with van der Waals surface area (Å²) in [5.74, 6) is -5.19. The Labute approximate surface area is 198 Å². The number of anilines is 1. The van der Waals surface area contributed by atoms with Crippen LogP contribution in [0.5, 0.6) is 0 Å². The molecular weight excluding hydrogens is 492 g/mol. The Hall–Kier alpha value is -4.42. The van der Waals surface area contributed by atoms with Gasteiger partial charge in [0.1, 0.15) is 23.1 Å². The number of halogens is 6. The third kappa shape index (κ3) is 4.46. The molecule has 2 aromatic heterocycles. The van der Waals surface area contributed by atoms with Crippen molar-refractivity contribution in [2.75, 3.05) is 5.32 Å². The second-order valence-corrected chi connectivity index (χ2v) is 7.67. The van der Waals surface area contributed by atoms with Crippen LogP contribution in [0.2, 0.25) is 0 Å². The highest BCUT2D eigenvalue weighted by Gasteiger charge is 2.39. The fraction of sp³-hybridized carbons (Fsp3) is 0.130. The van der Waals surface area contributed by atoms with E-state index in [9.17, 15) is 35.9 Å². The largest absolute Gasteiger partial charge is 0.437 e. The number of aromatic nitrogens is 3. The number of hydrogen-bond acceptors (Lipinski definition) is 4. The molecule has 4 rings (SSSR count). The van der Waals surface area contributed by atoms with Gasteiger partial charge in [-0.1, -0.05) is 12.1 Å². The maximum Gasteiger partial charge on any atom is 0.437 e. The molecule has 2 aromatic carbocycles. The van der Waals surface area contributed by atoms with Gasteiger partial charge in [0.25, 0.3) is 11.8 Å². The molecule has 2 heterocycles. The summed E-state index contributed by atoms with van der Waals surface area (Å²) in [6, 6.07) is 7.36. The first-order valence-electron chi connectivity index (χ1n) is 10.2. The monoisotopic (exact) mass is 507 g/mol. The van der Waals surface area contributed by atoms with Crippen LogP contribution in [0.25, 0.3) is 10.9 Å². The molecule has 186 valence electrons. The van der Waals surface area contributed by atoms with Gasteiger partial charge in [0, 0.05) is 10.9 Å². The lowest BCUT2D eigenvalue weighted by atomic mass is 10.1. The number of alkyl halides is 3. The first-order valence-corrected chi connectivity index (χ1v) is 10.2. The summed E-state index contributed by atoms with van der Waals surface area (Å²) < 4.78 is 84.7. The van der Waals surface area contributed by atoms with Gasteiger partial charge in [0.05, 0.1) is 29.0 Å². The number of carbonyl (C=O) groups is 2. The van der Waals surface area contributed by atoms with E-state index in [0.29, 0.717) is 4.68 Å². The number of benzene rings is 2. The number of nitrogens with one attached hydrogen (secondary N) is 1. The molecule has 0 bridgehead atoms. The quantitative estimate of drug-likeness (QED) is 0.386. The molecule has 0 aliphatic carbocycles. The van der Waals surface area contributed by atoms with Crippen molar-refractivity contribution < 1.29 is 35.9 Å². The zero-order valence-electron chi connectivity index (χ0n) is 18.3. The van der Waals surface area contributed by atoms with Crippen molar-refractivity contribution in [3.05, 3.63) is 88.1 Å². The Kier molecular flexibility index (Phi) is 6.16. The van der Waals surface area contributed by atoms with Gasteiger partial charge in [-0.25, -0.2) is 18.2 Å². The molecule has 4 aromatic rings. The first kappa shape index (κ1) is 24.7. The van der Waals surface area contributed by atoms with E-state index in [0.717, 1.165) is 37.3 Å². The predicted octanol–water partition coefficient (Wildman–Crippen LogP) is 4.58. The van der Waals surface area contributed by atoms with Gasteiger partial charge >= 0.3 is 6.18 Å². The van der Waals surface area contributed by atoms with Gasteiger partial charge in [-0.05, 0) is 37.3 Å². The Morgan fingerprint density at radius 3 is 2.25 bits per heavy atom. The summed E-state index contributed by atoms with van der Waals surface area (Å²) in [7, 11) is 0. The lowest BCUT2D eigenvalue weighted by Gasteiger charge is -2.12. The van der Waals surface area contributed by atoms with E-state index in [4.69, 9.17) is 5.73 Å². The topological polar surface area (TPSA) is 103 Å². The van der Waals surface area contributed by atoms with Crippen molar-refractivity contribution in [2.24, 2.45) is 5.73 Å². The van der Waals surface area contributed by atoms with E-state index in [1.807, 2.05) is 5.32 Å². The molecule has 3 N–H and O–H groups in total. The smallest absolute Gasteiger partial charge is 0.364 e. The minimum absolute atomic E-state index is 0.130. The maximum absolute atomic E-state index is 14.5. The molecule has 0 atom stereocenters. The first-order chi connectivity index (χ1) is 16.9. The molecule has 36 heavy (non-hydrogen) atoms. The van der Waals surface area contributed by atoms with Crippen LogP contribution in [0.4, 0.5) is 32.0 Å². The van der Waals surface area contributed by atoms with E-state index in [-0.39, 0.29) is 16.6 Å². The highest BCUT2D eigenvalue weighted by molar-refractivity contribution is 6.14. The molecule has 0 unspecified atom stereocenters. The Bertz CT molecular complexity index is 1510. The number of fused-ring (bicyclic) bond motifs is 1. The zero-order chi connectivity index (χ0) is 26.4. The van der Waals surface area contributed by atoms with Crippen LogP contribution in [0.1, 0.15) is 37.8 Å². The maximum atomic E-state index is 14.5. The van der Waals surface area contributed by atoms with Crippen LogP contribution in [-0.4, -0.2) is 26.6 Å². The number of nitrogens with two attached hydrogens (primary N) is 1. The summed E-state index contributed by atoms with van der Waals surface area (Å²) in [5, 5.41) is 5.11. The molecule has 0 saturated heterocycles. The summed E-state index contributed by atoms with van der Waals surface area (Å²) in [4.78, 5) is 28.6. The second-order valence-electron chi connectivity index (χ2n) is 7.67. The number of hydrogen-bond donors (Lipinski definition) is 2. The molecular formula is C23H15F6N5O2. The number of rotatable bonds is 5. The summed E-state index contributed by atoms with van der Waals surface area (Å²) >= 11 is 0. The minimum Gasteiger partial charge on any atom is -0.364 e. The molecule has 0 aliphatic rings. The molecule has 2 amide bonds. The van der Waals surface area contributed by atoms with E-state index < -0.39 is 70.2 Å². The minimum atomic E-state index is -5.07. The van der Waals surface area contributed by atoms with Crippen molar-refractivity contribution >= 4 is 28.4 Å². The molecule has 0 radical (unpaired) electrons. The fourth-order valence-corrected chi connectivity index (χ4v) is 3.61. The fourth-order valence-electron chi connectivity index (χ4n) is 3.61. The van der Waals surface area contributed by atoms with Crippen LogP contribution < -0.4 is 11.1 Å². The average Bonchev–Trinajstić information content (AvgIpc) is 3.11. The summed E-state index contributed by atoms with van der Waals surface area (Å²) in [5.41, 5.74) is 0.984. The van der Waals surface area contributed by atoms with Crippen molar-refractivity contribution in [3.8, 4) is 0 Å². The Morgan fingerprint density at radius 1 is 1.03 bits per heavy atom. The number of carbonyl (C=O) groups excluding carboxylic acids is 2. The number of amides is 2. The summed E-state index contributed by atoms with van der Waals surface area (Å²) in [6.45, 7) is 0.443. The highest BCUT2D eigenvalue weighted by Crippen LogP contribution is 2.37. The van der Waals surface area contributed by atoms with Gasteiger partial charge < -0.3 is 11.1 Å². The molecule has 13 heteroatoms. The second kappa shape index (κ2) is 8.98. The standard InChI is InChI=1S/C23H15F6N5O2/c1-10-19(20(23(27,28)29)33-34(10)9-12-13(24)4-2-5-14(12)25)32-22(36)11-8-17(21(30)35)31-16-7-3-6-15(26)18(11)16/h2-8H,9H2,1H3,(H2,30,35)(H,32,36). The van der Waals surface area contributed by atoms with Crippen LogP contribution in [0, 0.1) is 24.4 Å². The molecule has 0 spiro atoms. The highest BCUT2D eigenvalue weighted by atomic mass is 19.4. The average molecular weight is 507 g/mol. The van der Waals surface area contributed by atoms with E-state index in [1.165, 1.54) is 12.1 Å². The van der Waals surface area contributed by atoms with Crippen molar-refractivity contribution in [1.29, 1.82) is 0 Å². The number of pyridine rings is 1. The lowest BCUT2D eigenvalue weighted by Crippen LogP contribution is -2.20. The van der Waals surface area contributed by atoms with Gasteiger partial charge in [-0.2, -0.15) is 18.3 Å². The van der Waals surface area contributed by atoms with Crippen LogP contribution in [0.3, 0.4) is 0 Å². The van der Waals surface area contributed by atoms with Gasteiger partial charge in [0.2, 0.25) is 0 Å². The van der Waals surface area contributed by atoms with Gasteiger partial charge in [-0.3, -0.25) is 14.3 Å². The normalized spacial score (nSPS) is 11.6. The SMILES string of the molecule is Cc1c(NC(=O)c2cc(C(N)=O)nc3cccc(F)c23)c(C(F)(F)F)nn1Cc1c(F)cccc1F. The Balaban J connectivity index is 1.82.